The summed E-state index contributed by atoms with van der Waals surface area (Å²) in [4.78, 5) is 28.2. The van der Waals surface area contributed by atoms with E-state index in [0.717, 1.165) is 29.0 Å². The molecule has 3 aromatic rings. The Bertz CT molecular complexity index is 1150. The maximum absolute atomic E-state index is 13.7. The summed E-state index contributed by atoms with van der Waals surface area (Å²) in [5.41, 5.74) is 2.80. The van der Waals surface area contributed by atoms with Gasteiger partial charge in [0.15, 0.2) is 5.76 Å². The quantitative estimate of drug-likeness (QED) is 0.636. The number of methoxy groups -OCH3 is 1. The van der Waals surface area contributed by atoms with Gasteiger partial charge in [0.2, 0.25) is 5.91 Å². The Hall–Kier alpha value is -3.58. The number of fused-ring (bicyclic) bond motifs is 1. The van der Waals surface area contributed by atoms with Gasteiger partial charge in [-0.3, -0.25) is 9.59 Å². The SMILES string of the molecule is COc1ccc(C2(C(=O)Nc3ccc4c(c3)N(C(=O)c3ccco3)CC4)CCOCC2)cc1. The van der Waals surface area contributed by atoms with Crippen LogP contribution in [-0.2, 0) is 21.4 Å². The van der Waals surface area contributed by atoms with E-state index in [1.807, 2.05) is 42.5 Å². The van der Waals surface area contributed by atoms with Gasteiger partial charge in [0.25, 0.3) is 5.91 Å². The number of benzene rings is 2. The fourth-order valence-electron chi connectivity index (χ4n) is 4.73. The van der Waals surface area contributed by atoms with Gasteiger partial charge in [-0.1, -0.05) is 18.2 Å². The van der Waals surface area contributed by atoms with Crippen LogP contribution < -0.4 is 15.0 Å². The third-order valence-corrected chi connectivity index (χ3v) is 6.64. The molecule has 33 heavy (non-hydrogen) atoms. The van der Waals surface area contributed by atoms with E-state index in [0.29, 0.717) is 44.0 Å². The number of anilines is 2. The second-order valence-corrected chi connectivity index (χ2v) is 8.40. The summed E-state index contributed by atoms with van der Waals surface area (Å²) < 4.78 is 16.1. The van der Waals surface area contributed by atoms with Crippen LogP contribution in [0.5, 0.6) is 5.75 Å². The van der Waals surface area contributed by atoms with Crippen molar-refractivity contribution in [2.45, 2.75) is 24.7 Å². The largest absolute Gasteiger partial charge is 0.497 e. The summed E-state index contributed by atoms with van der Waals surface area (Å²) in [5, 5.41) is 3.12. The smallest absolute Gasteiger partial charge is 0.293 e. The van der Waals surface area contributed by atoms with Crippen molar-refractivity contribution in [3.63, 3.8) is 0 Å². The molecule has 170 valence electrons. The number of ether oxygens (including phenoxy) is 2. The van der Waals surface area contributed by atoms with Crippen molar-refractivity contribution in [1.29, 1.82) is 0 Å². The molecule has 2 aliphatic rings. The lowest BCUT2D eigenvalue weighted by atomic mass is 9.73. The Morgan fingerprint density at radius 1 is 1.06 bits per heavy atom. The van der Waals surface area contributed by atoms with Crippen LogP contribution in [0, 0.1) is 0 Å². The minimum absolute atomic E-state index is 0.0715. The Balaban J connectivity index is 1.41. The molecule has 2 aliphatic heterocycles. The molecule has 0 bridgehead atoms. The first kappa shape index (κ1) is 21.3. The minimum Gasteiger partial charge on any atom is -0.497 e. The molecular weight excluding hydrogens is 420 g/mol. The maximum Gasteiger partial charge on any atom is 0.293 e. The van der Waals surface area contributed by atoms with Gasteiger partial charge in [-0.05, 0) is 66.8 Å². The summed E-state index contributed by atoms with van der Waals surface area (Å²) in [6.45, 7) is 1.63. The summed E-state index contributed by atoms with van der Waals surface area (Å²) in [7, 11) is 1.62. The number of hydrogen-bond donors (Lipinski definition) is 1. The van der Waals surface area contributed by atoms with E-state index < -0.39 is 5.41 Å². The van der Waals surface area contributed by atoms with Crippen LogP contribution in [-0.4, -0.2) is 38.7 Å². The van der Waals surface area contributed by atoms with Gasteiger partial charge in [0.05, 0.1) is 18.8 Å². The Kier molecular flexibility index (Phi) is 5.64. The molecular formula is C26H26N2O5. The first-order chi connectivity index (χ1) is 16.1. The minimum atomic E-state index is -0.687. The van der Waals surface area contributed by atoms with Crippen LogP contribution in [0.15, 0.2) is 65.3 Å². The molecule has 0 aliphatic carbocycles. The van der Waals surface area contributed by atoms with Crippen molar-refractivity contribution in [2.75, 3.05) is 37.1 Å². The zero-order chi connectivity index (χ0) is 22.8. The number of carbonyl (C=O) groups is 2. The Morgan fingerprint density at radius 2 is 1.85 bits per heavy atom. The van der Waals surface area contributed by atoms with E-state index in [4.69, 9.17) is 13.9 Å². The summed E-state index contributed by atoms with van der Waals surface area (Å²) in [6, 6.07) is 16.8. The average Bonchev–Trinajstić information content (AvgIpc) is 3.54. The van der Waals surface area contributed by atoms with Crippen molar-refractivity contribution in [3.8, 4) is 5.75 Å². The molecule has 7 nitrogen and oxygen atoms in total. The van der Waals surface area contributed by atoms with Crippen molar-refractivity contribution < 1.29 is 23.5 Å². The maximum atomic E-state index is 13.7. The predicted octanol–water partition coefficient (Wildman–Crippen LogP) is 4.18. The van der Waals surface area contributed by atoms with Gasteiger partial charge in [0.1, 0.15) is 5.75 Å². The monoisotopic (exact) mass is 446 g/mol. The first-order valence-electron chi connectivity index (χ1n) is 11.1. The first-order valence-corrected chi connectivity index (χ1v) is 11.1. The van der Waals surface area contributed by atoms with Crippen LogP contribution in [0.1, 0.15) is 34.5 Å². The second kappa shape index (κ2) is 8.75. The molecule has 5 rings (SSSR count). The molecule has 0 radical (unpaired) electrons. The number of nitrogens with one attached hydrogen (secondary N) is 1. The molecule has 1 saturated heterocycles. The lowest BCUT2D eigenvalue weighted by Crippen LogP contribution is -2.44. The van der Waals surface area contributed by atoms with Crippen molar-refractivity contribution >= 4 is 23.2 Å². The summed E-state index contributed by atoms with van der Waals surface area (Å²) in [6.07, 6.45) is 3.45. The van der Waals surface area contributed by atoms with Gasteiger partial charge >= 0.3 is 0 Å². The average molecular weight is 447 g/mol. The third-order valence-electron chi connectivity index (χ3n) is 6.64. The van der Waals surface area contributed by atoms with E-state index >= 15 is 0 Å². The fraction of sp³-hybridized carbons (Fsp3) is 0.308. The molecule has 2 aromatic carbocycles. The fourth-order valence-corrected chi connectivity index (χ4v) is 4.73. The Labute approximate surface area is 192 Å². The number of amides is 2. The topological polar surface area (TPSA) is 81.0 Å². The normalized spacial score (nSPS) is 16.8. The third kappa shape index (κ3) is 3.89. The van der Waals surface area contributed by atoms with Gasteiger partial charge in [-0.15, -0.1) is 0 Å². The highest BCUT2D eigenvalue weighted by atomic mass is 16.5. The van der Waals surface area contributed by atoms with Gasteiger partial charge < -0.3 is 24.1 Å². The van der Waals surface area contributed by atoms with E-state index in [2.05, 4.69) is 5.32 Å². The zero-order valence-electron chi connectivity index (χ0n) is 18.5. The number of rotatable bonds is 5. The highest BCUT2D eigenvalue weighted by Gasteiger charge is 2.42. The Morgan fingerprint density at radius 3 is 2.55 bits per heavy atom. The van der Waals surface area contributed by atoms with Crippen molar-refractivity contribution in [2.24, 2.45) is 0 Å². The molecule has 0 spiro atoms. The predicted molar refractivity (Wildman–Crippen MR) is 124 cm³/mol. The molecule has 0 saturated carbocycles. The highest BCUT2D eigenvalue weighted by Crippen LogP contribution is 2.38. The molecule has 0 atom stereocenters. The van der Waals surface area contributed by atoms with Crippen LogP contribution in [0.25, 0.3) is 0 Å². The summed E-state index contributed by atoms with van der Waals surface area (Å²) in [5.74, 6) is 0.804. The van der Waals surface area contributed by atoms with Crippen LogP contribution in [0.3, 0.4) is 0 Å². The number of carbonyl (C=O) groups excluding carboxylic acids is 2. The van der Waals surface area contributed by atoms with Crippen LogP contribution >= 0.6 is 0 Å². The van der Waals surface area contributed by atoms with Gasteiger partial charge in [0, 0.05) is 31.1 Å². The molecule has 0 unspecified atom stereocenters. The molecule has 1 N–H and O–H groups in total. The van der Waals surface area contributed by atoms with Crippen molar-refractivity contribution in [1.82, 2.24) is 0 Å². The lowest BCUT2D eigenvalue weighted by Gasteiger charge is -2.36. The molecule has 2 amide bonds. The second-order valence-electron chi connectivity index (χ2n) is 8.40. The van der Waals surface area contributed by atoms with E-state index in [9.17, 15) is 9.59 Å². The molecule has 3 heterocycles. The number of nitrogens with zero attached hydrogens (tertiary/aromatic N) is 1. The van der Waals surface area contributed by atoms with E-state index in [-0.39, 0.29) is 11.8 Å². The molecule has 1 fully saturated rings. The highest BCUT2D eigenvalue weighted by molar-refractivity contribution is 6.06. The van der Waals surface area contributed by atoms with E-state index in [1.165, 1.54) is 6.26 Å². The van der Waals surface area contributed by atoms with Gasteiger partial charge in [-0.25, -0.2) is 0 Å². The number of hydrogen-bond acceptors (Lipinski definition) is 5. The standard InChI is InChI=1S/C26H26N2O5/c1-31-21-8-5-19(6-9-21)26(11-15-32-16-12-26)25(30)27-20-7-4-18-10-13-28(22(18)17-20)24(29)23-3-2-14-33-23/h2-9,14,17H,10-13,15-16H2,1H3,(H,27,30). The zero-order valence-corrected chi connectivity index (χ0v) is 18.5. The van der Waals surface area contributed by atoms with Crippen LogP contribution in [0.2, 0.25) is 0 Å². The summed E-state index contributed by atoms with van der Waals surface area (Å²) >= 11 is 0. The van der Waals surface area contributed by atoms with Crippen LogP contribution in [0.4, 0.5) is 11.4 Å². The lowest BCUT2D eigenvalue weighted by molar-refractivity contribution is -0.125. The van der Waals surface area contributed by atoms with Crippen molar-refractivity contribution in [3.05, 3.63) is 77.7 Å². The number of furan rings is 1. The molecule has 7 heteroatoms. The van der Waals surface area contributed by atoms with E-state index in [1.54, 1.807) is 24.1 Å². The van der Waals surface area contributed by atoms with Gasteiger partial charge in [-0.2, -0.15) is 0 Å². The molecule has 1 aromatic heterocycles.